The van der Waals surface area contributed by atoms with Crippen molar-refractivity contribution in [2.75, 3.05) is 6.54 Å². The smallest absolute Gasteiger partial charge is 0.249 e. The second-order valence-electron chi connectivity index (χ2n) is 5.80. The van der Waals surface area contributed by atoms with Gasteiger partial charge in [0.1, 0.15) is 12.6 Å². The average Bonchev–Trinajstić information content (AvgIpc) is 3.36. The molecule has 1 atom stereocenters. The molecule has 1 saturated heterocycles. The monoisotopic (exact) mass is 323 g/mol. The zero-order valence-electron chi connectivity index (χ0n) is 13.1. The van der Waals surface area contributed by atoms with E-state index < -0.39 is 0 Å². The summed E-state index contributed by atoms with van der Waals surface area (Å²) in [6.45, 7) is 0.984. The Balaban J connectivity index is 1.53. The molecule has 3 heterocycles. The molecule has 0 radical (unpaired) electrons. The van der Waals surface area contributed by atoms with E-state index in [2.05, 4.69) is 15.1 Å². The molecule has 1 unspecified atom stereocenters. The third-order valence-electron chi connectivity index (χ3n) is 4.21. The molecule has 1 aromatic carbocycles. The summed E-state index contributed by atoms with van der Waals surface area (Å²) in [5.41, 5.74) is 0.904. The van der Waals surface area contributed by atoms with Crippen molar-refractivity contribution in [1.29, 1.82) is 0 Å². The number of carbonyl (C=O) groups excluding carboxylic acids is 1. The van der Waals surface area contributed by atoms with Gasteiger partial charge in [0.25, 0.3) is 0 Å². The minimum atomic E-state index is -0.147. The van der Waals surface area contributed by atoms with Crippen LogP contribution in [0.2, 0.25) is 0 Å². The van der Waals surface area contributed by atoms with Gasteiger partial charge in [-0.05, 0) is 12.8 Å². The van der Waals surface area contributed by atoms with Gasteiger partial charge < -0.3 is 14.0 Å². The number of carbonyl (C=O) groups is 1. The molecule has 2 aromatic heterocycles. The first-order valence-electron chi connectivity index (χ1n) is 7.95. The molecule has 0 spiro atoms. The predicted octanol–water partition coefficient (Wildman–Crippen LogP) is 2.30. The fraction of sp³-hybridized carbons (Fsp3) is 0.294. The van der Waals surface area contributed by atoms with E-state index in [1.165, 1.54) is 0 Å². The van der Waals surface area contributed by atoms with Crippen molar-refractivity contribution in [2.45, 2.75) is 25.4 Å². The molecular weight excluding hydrogens is 306 g/mol. The van der Waals surface area contributed by atoms with Gasteiger partial charge in [-0.3, -0.25) is 4.79 Å². The highest BCUT2D eigenvalue weighted by Crippen LogP contribution is 2.32. The van der Waals surface area contributed by atoms with E-state index in [0.717, 1.165) is 18.4 Å². The number of likely N-dealkylation sites (tertiary alicyclic amines) is 1. The fourth-order valence-corrected chi connectivity index (χ4v) is 3.02. The lowest BCUT2D eigenvalue weighted by atomic mass is 10.2. The molecule has 0 saturated carbocycles. The van der Waals surface area contributed by atoms with Gasteiger partial charge in [0, 0.05) is 24.5 Å². The lowest BCUT2D eigenvalue weighted by molar-refractivity contribution is -0.133. The highest BCUT2D eigenvalue weighted by molar-refractivity contribution is 5.76. The number of benzene rings is 1. The van der Waals surface area contributed by atoms with Crippen molar-refractivity contribution in [3.05, 3.63) is 54.9 Å². The van der Waals surface area contributed by atoms with E-state index in [1.807, 2.05) is 35.2 Å². The summed E-state index contributed by atoms with van der Waals surface area (Å²) in [5.74, 6) is 1.10. The highest BCUT2D eigenvalue weighted by atomic mass is 16.5. The number of hydrogen-bond donors (Lipinski definition) is 0. The molecule has 24 heavy (non-hydrogen) atoms. The topological polar surface area (TPSA) is 77.1 Å². The predicted molar refractivity (Wildman–Crippen MR) is 85.6 cm³/mol. The summed E-state index contributed by atoms with van der Waals surface area (Å²) in [5, 5.41) is 4.06. The van der Waals surface area contributed by atoms with Gasteiger partial charge in [-0.15, -0.1) is 0 Å². The van der Waals surface area contributed by atoms with Crippen LogP contribution < -0.4 is 0 Å². The van der Waals surface area contributed by atoms with Crippen LogP contribution >= 0.6 is 0 Å². The van der Waals surface area contributed by atoms with Crippen molar-refractivity contribution < 1.29 is 9.32 Å². The molecule has 0 bridgehead atoms. The third kappa shape index (κ3) is 2.80. The van der Waals surface area contributed by atoms with E-state index in [-0.39, 0.29) is 18.5 Å². The van der Waals surface area contributed by atoms with E-state index in [0.29, 0.717) is 18.3 Å². The molecule has 7 heteroatoms. The number of hydrogen-bond acceptors (Lipinski definition) is 5. The van der Waals surface area contributed by atoms with Crippen LogP contribution in [0.25, 0.3) is 11.4 Å². The summed E-state index contributed by atoms with van der Waals surface area (Å²) < 4.78 is 7.21. The van der Waals surface area contributed by atoms with Crippen LogP contribution in [-0.4, -0.2) is 37.0 Å². The first kappa shape index (κ1) is 14.6. The fourth-order valence-electron chi connectivity index (χ4n) is 3.02. The molecule has 4 rings (SSSR count). The normalized spacial score (nSPS) is 17.3. The second kappa shape index (κ2) is 6.27. The zero-order chi connectivity index (χ0) is 16.4. The van der Waals surface area contributed by atoms with E-state index in [4.69, 9.17) is 4.52 Å². The Morgan fingerprint density at radius 2 is 2.17 bits per heavy atom. The summed E-state index contributed by atoms with van der Waals surface area (Å²) in [6.07, 6.45) is 6.86. The molecule has 122 valence electrons. The van der Waals surface area contributed by atoms with Crippen molar-refractivity contribution in [3.8, 4) is 11.4 Å². The number of imidazole rings is 1. The van der Waals surface area contributed by atoms with Gasteiger partial charge in [0.05, 0.1) is 6.33 Å². The Hall–Kier alpha value is -2.96. The number of amides is 1. The van der Waals surface area contributed by atoms with Crippen molar-refractivity contribution >= 4 is 5.91 Å². The van der Waals surface area contributed by atoms with Crippen LogP contribution in [0.5, 0.6) is 0 Å². The number of aromatic nitrogens is 4. The second-order valence-corrected chi connectivity index (χ2v) is 5.80. The third-order valence-corrected chi connectivity index (χ3v) is 4.21. The zero-order valence-corrected chi connectivity index (χ0v) is 13.1. The summed E-state index contributed by atoms with van der Waals surface area (Å²) >= 11 is 0. The standard InChI is InChI=1S/C17H17N5O2/c23-15(11-21-10-8-18-12-21)22-9-4-7-14(22)17-19-16(20-24-17)13-5-2-1-3-6-13/h1-3,5-6,8,10,12,14H,4,7,9,11H2. The van der Waals surface area contributed by atoms with Gasteiger partial charge in [0.2, 0.25) is 17.6 Å². The molecular formula is C17H17N5O2. The Morgan fingerprint density at radius 3 is 2.96 bits per heavy atom. The first-order chi connectivity index (χ1) is 11.8. The summed E-state index contributed by atoms with van der Waals surface area (Å²) in [7, 11) is 0. The molecule has 3 aromatic rings. The largest absolute Gasteiger partial charge is 0.337 e. The van der Waals surface area contributed by atoms with Crippen molar-refractivity contribution in [1.82, 2.24) is 24.6 Å². The van der Waals surface area contributed by atoms with Gasteiger partial charge in [-0.1, -0.05) is 35.5 Å². The maximum absolute atomic E-state index is 12.6. The van der Waals surface area contributed by atoms with Gasteiger partial charge in [0.15, 0.2) is 0 Å². The minimum Gasteiger partial charge on any atom is -0.337 e. The van der Waals surface area contributed by atoms with Gasteiger partial charge in [-0.2, -0.15) is 4.98 Å². The highest BCUT2D eigenvalue weighted by Gasteiger charge is 2.34. The lowest BCUT2D eigenvalue weighted by Crippen LogP contribution is -2.33. The van der Waals surface area contributed by atoms with Crippen molar-refractivity contribution in [3.63, 3.8) is 0 Å². The Kier molecular flexibility index (Phi) is 3.82. The van der Waals surface area contributed by atoms with Crippen LogP contribution in [0, 0.1) is 0 Å². The number of rotatable bonds is 4. The SMILES string of the molecule is O=C(Cn1ccnc1)N1CCCC1c1nc(-c2ccccc2)no1. The molecule has 1 fully saturated rings. The number of nitrogens with zero attached hydrogens (tertiary/aromatic N) is 5. The van der Waals surface area contributed by atoms with Crippen LogP contribution in [0.4, 0.5) is 0 Å². The molecule has 0 aliphatic carbocycles. The molecule has 0 N–H and O–H groups in total. The quantitative estimate of drug-likeness (QED) is 0.736. The minimum absolute atomic E-state index is 0.0370. The van der Waals surface area contributed by atoms with E-state index in [1.54, 1.807) is 23.3 Å². The van der Waals surface area contributed by atoms with Crippen LogP contribution in [0.1, 0.15) is 24.8 Å². The average molecular weight is 323 g/mol. The Morgan fingerprint density at radius 1 is 1.29 bits per heavy atom. The summed E-state index contributed by atoms with van der Waals surface area (Å²) in [4.78, 5) is 22.9. The Bertz CT molecular complexity index is 813. The van der Waals surface area contributed by atoms with E-state index in [9.17, 15) is 4.79 Å². The molecule has 1 aliphatic heterocycles. The van der Waals surface area contributed by atoms with E-state index >= 15 is 0 Å². The van der Waals surface area contributed by atoms with Crippen LogP contribution in [-0.2, 0) is 11.3 Å². The first-order valence-corrected chi connectivity index (χ1v) is 7.95. The lowest BCUT2D eigenvalue weighted by Gasteiger charge is -2.21. The van der Waals surface area contributed by atoms with Crippen LogP contribution in [0.3, 0.4) is 0 Å². The molecule has 1 aliphatic rings. The molecule has 7 nitrogen and oxygen atoms in total. The summed E-state index contributed by atoms with van der Waals surface area (Å²) in [6, 6.07) is 9.53. The van der Waals surface area contributed by atoms with Gasteiger partial charge >= 0.3 is 0 Å². The maximum atomic E-state index is 12.6. The maximum Gasteiger partial charge on any atom is 0.249 e. The van der Waals surface area contributed by atoms with Crippen LogP contribution in [0.15, 0.2) is 53.6 Å². The Labute approximate surface area is 138 Å². The van der Waals surface area contributed by atoms with Crippen molar-refractivity contribution in [2.24, 2.45) is 0 Å². The van der Waals surface area contributed by atoms with Gasteiger partial charge in [-0.25, -0.2) is 4.98 Å². The molecule has 1 amide bonds.